The number of aromatic nitrogens is 6. The van der Waals surface area contributed by atoms with Crippen molar-refractivity contribution in [3.05, 3.63) is 163 Å². The van der Waals surface area contributed by atoms with Crippen molar-refractivity contribution >= 4 is 27.4 Å². The maximum Gasteiger partial charge on any atom is 0.241 e. The number of para-hydroxylation sites is 3. The zero-order valence-corrected chi connectivity index (χ0v) is 27.0. The lowest BCUT2D eigenvalue weighted by Crippen LogP contribution is -2.06. The van der Waals surface area contributed by atoms with E-state index in [1.165, 1.54) is 10.8 Å². The molecule has 5 aromatic carbocycles. The number of rotatable bonds is 6. The maximum atomic E-state index is 5.08. The molecule has 0 aliphatic heterocycles. The van der Waals surface area contributed by atoms with Gasteiger partial charge in [-0.05, 0) is 48.2 Å². The third-order valence-electron chi connectivity index (χ3n) is 9.20. The van der Waals surface area contributed by atoms with Crippen molar-refractivity contribution in [3.8, 4) is 45.7 Å². The SMILES string of the molecule is CC1C=C(c2cc(-c3ccccc3)nc(-c3ccc(-c4nnc(-n5c6ccccc6c6ccccc65)n4-c4ccccc4)cc3)n2)C=CC1. The van der Waals surface area contributed by atoms with E-state index in [-0.39, 0.29) is 0 Å². The summed E-state index contributed by atoms with van der Waals surface area (Å²) in [6, 6.07) is 48.0. The molecule has 0 radical (unpaired) electrons. The lowest BCUT2D eigenvalue weighted by molar-refractivity contribution is 0.739. The van der Waals surface area contributed by atoms with Crippen LogP contribution in [0.4, 0.5) is 0 Å². The Morgan fingerprint density at radius 3 is 1.88 bits per heavy atom. The fraction of sp³-hybridized carbons (Fsp3) is 0.0698. The van der Waals surface area contributed by atoms with Gasteiger partial charge in [-0.15, -0.1) is 10.2 Å². The highest BCUT2D eigenvalue weighted by molar-refractivity contribution is 6.09. The average Bonchev–Trinajstić information content (AvgIpc) is 3.75. The minimum atomic E-state index is 0.465. The van der Waals surface area contributed by atoms with Gasteiger partial charge in [0.2, 0.25) is 5.95 Å². The summed E-state index contributed by atoms with van der Waals surface area (Å²) in [4.78, 5) is 10.1. The Morgan fingerprint density at radius 1 is 0.571 bits per heavy atom. The van der Waals surface area contributed by atoms with Crippen LogP contribution in [-0.4, -0.2) is 29.3 Å². The molecule has 6 heteroatoms. The molecular formula is C43H32N6. The highest BCUT2D eigenvalue weighted by Gasteiger charge is 2.22. The molecule has 6 nitrogen and oxygen atoms in total. The molecule has 0 N–H and O–H groups in total. The van der Waals surface area contributed by atoms with Gasteiger partial charge in [-0.2, -0.15) is 0 Å². The molecule has 1 atom stereocenters. The van der Waals surface area contributed by atoms with Crippen molar-refractivity contribution in [3.63, 3.8) is 0 Å². The molecule has 1 aliphatic rings. The first-order valence-electron chi connectivity index (χ1n) is 16.6. The van der Waals surface area contributed by atoms with E-state index in [2.05, 4.69) is 137 Å². The summed E-state index contributed by atoms with van der Waals surface area (Å²) in [5.74, 6) is 2.63. The first-order valence-corrected chi connectivity index (χ1v) is 16.6. The van der Waals surface area contributed by atoms with Gasteiger partial charge in [-0.3, -0.25) is 9.13 Å². The summed E-state index contributed by atoms with van der Waals surface area (Å²) in [6.45, 7) is 2.24. The molecule has 9 rings (SSSR count). The second-order valence-electron chi connectivity index (χ2n) is 12.5. The number of hydrogen-bond donors (Lipinski definition) is 0. The van der Waals surface area contributed by atoms with Crippen LogP contribution in [-0.2, 0) is 0 Å². The van der Waals surface area contributed by atoms with Gasteiger partial charge in [0.05, 0.1) is 28.1 Å². The summed E-state index contributed by atoms with van der Waals surface area (Å²) in [5.41, 5.74) is 9.04. The molecule has 0 bridgehead atoms. The molecule has 0 spiro atoms. The smallest absolute Gasteiger partial charge is 0.241 e. The van der Waals surface area contributed by atoms with Crippen molar-refractivity contribution in [1.29, 1.82) is 0 Å². The third-order valence-corrected chi connectivity index (χ3v) is 9.20. The lowest BCUT2D eigenvalue weighted by atomic mass is 9.95. The van der Waals surface area contributed by atoms with E-state index >= 15 is 0 Å². The van der Waals surface area contributed by atoms with Crippen LogP contribution in [0, 0.1) is 5.92 Å². The molecule has 0 saturated heterocycles. The number of fused-ring (bicyclic) bond motifs is 3. The van der Waals surface area contributed by atoms with Crippen molar-refractivity contribution in [1.82, 2.24) is 29.3 Å². The van der Waals surface area contributed by atoms with Crippen LogP contribution < -0.4 is 0 Å². The maximum absolute atomic E-state index is 5.08. The van der Waals surface area contributed by atoms with Gasteiger partial charge < -0.3 is 0 Å². The van der Waals surface area contributed by atoms with E-state index in [4.69, 9.17) is 20.2 Å². The van der Waals surface area contributed by atoms with Crippen LogP contribution in [0.15, 0.2) is 158 Å². The van der Waals surface area contributed by atoms with Crippen LogP contribution >= 0.6 is 0 Å². The Bertz CT molecular complexity index is 2470. The number of benzene rings is 5. The molecule has 3 aromatic heterocycles. The predicted octanol–water partition coefficient (Wildman–Crippen LogP) is 10.1. The second-order valence-corrected chi connectivity index (χ2v) is 12.5. The average molecular weight is 633 g/mol. The minimum absolute atomic E-state index is 0.465. The van der Waals surface area contributed by atoms with Gasteiger partial charge >= 0.3 is 0 Å². The molecule has 0 fully saturated rings. The van der Waals surface area contributed by atoms with Gasteiger partial charge in [0.15, 0.2) is 11.6 Å². The molecule has 3 heterocycles. The van der Waals surface area contributed by atoms with Crippen LogP contribution in [0.2, 0.25) is 0 Å². The highest BCUT2D eigenvalue weighted by atomic mass is 15.4. The van der Waals surface area contributed by atoms with Crippen molar-refractivity contribution in [2.45, 2.75) is 13.3 Å². The van der Waals surface area contributed by atoms with Crippen molar-refractivity contribution in [2.75, 3.05) is 0 Å². The van der Waals surface area contributed by atoms with Crippen LogP contribution in [0.25, 0.3) is 73.0 Å². The zero-order chi connectivity index (χ0) is 32.7. The topological polar surface area (TPSA) is 61.4 Å². The van der Waals surface area contributed by atoms with Crippen LogP contribution in [0.1, 0.15) is 19.0 Å². The largest absolute Gasteiger partial charge is 0.278 e. The molecule has 0 amide bonds. The summed E-state index contributed by atoms with van der Waals surface area (Å²) < 4.78 is 4.35. The lowest BCUT2D eigenvalue weighted by Gasteiger charge is -2.15. The Kier molecular flexibility index (Phi) is 7.05. The van der Waals surface area contributed by atoms with Crippen molar-refractivity contribution < 1.29 is 0 Å². The predicted molar refractivity (Wildman–Crippen MR) is 198 cm³/mol. The first-order chi connectivity index (χ1) is 24.2. The van der Waals surface area contributed by atoms with E-state index in [0.717, 1.165) is 68.6 Å². The fourth-order valence-corrected chi connectivity index (χ4v) is 6.82. The Balaban J connectivity index is 1.18. The first kappa shape index (κ1) is 28.8. The summed E-state index contributed by atoms with van der Waals surface area (Å²) in [5, 5.41) is 12.0. The molecular weight excluding hydrogens is 601 g/mol. The van der Waals surface area contributed by atoms with Gasteiger partial charge in [-0.1, -0.05) is 134 Å². The number of nitrogens with zero attached hydrogens (tertiary/aromatic N) is 6. The molecule has 1 aliphatic carbocycles. The van der Waals surface area contributed by atoms with E-state index < -0.39 is 0 Å². The number of allylic oxidation sites excluding steroid dienone is 4. The molecule has 8 aromatic rings. The fourth-order valence-electron chi connectivity index (χ4n) is 6.82. The van der Waals surface area contributed by atoms with Crippen molar-refractivity contribution in [2.24, 2.45) is 5.92 Å². The van der Waals surface area contributed by atoms with Gasteiger partial charge in [0.1, 0.15) is 0 Å². The number of hydrogen-bond acceptors (Lipinski definition) is 4. The van der Waals surface area contributed by atoms with Gasteiger partial charge in [0, 0.05) is 27.5 Å². The van der Waals surface area contributed by atoms with Gasteiger partial charge in [0.25, 0.3) is 0 Å². The molecule has 0 saturated carbocycles. The third kappa shape index (κ3) is 5.15. The molecule has 49 heavy (non-hydrogen) atoms. The Hall–Kier alpha value is -6.40. The monoisotopic (exact) mass is 632 g/mol. The zero-order valence-electron chi connectivity index (χ0n) is 27.0. The summed E-state index contributed by atoms with van der Waals surface area (Å²) in [6.07, 6.45) is 7.75. The second kappa shape index (κ2) is 12.0. The molecule has 234 valence electrons. The Labute approximate surface area is 284 Å². The summed E-state index contributed by atoms with van der Waals surface area (Å²) in [7, 11) is 0. The standard InChI is InChI=1S/C43H32N6/c1-29-13-12-16-33(27-29)38-28-37(30-14-4-2-5-15-30)44-41(45-38)31-23-25-32(26-24-31)42-46-47-43(48(42)34-17-6-3-7-18-34)49-39-21-10-8-19-35(39)36-20-9-11-22-40(36)49/h2-12,14-29H,13H2,1H3. The van der Waals surface area contributed by atoms with E-state index in [1.54, 1.807) is 0 Å². The van der Waals surface area contributed by atoms with E-state index in [1.807, 2.05) is 36.4 Å². The normalized spacial score (nSPS) is 14.4. The van der Waals surface area contributed by atoms with E-state index in [9.17, 15) is 0 Å². The van der Waals surface area contributed by atoms with Gasteiger partial charge in [-0.25, -0.2) is 9.97 Å². The minimum Gasteiger partial charge on any atom is -0.278 e. The van der Waals surface area contributed by atoms with Crippen LogP contribution in [0.3, 0.4) is 0 Å². The summed E-state index contributed by atoms with van der Waals surface area (Å²) >= 11 is 0. The van der Waals surface area contributed by atoms with Crippen LogP contribution in [0.5, 0.6) is 0 Å². The molecule has 1 unspecified atom stereocenters. The quantitative estimate of drug-likeness (QED) is 0.183. The Morgan fingerprint density at radius 2 is 1.18 bits per heavy atom. The highest BCUT2D eigenvalue weighted by Crippen LogP contribution is 2.35. The van der Waals surface area contributed by atoms with E-state index in [0.29, 0.717) is 11.7 Å².